The lowest BCUT2D eigenvalue weighted by atomic mass is 9.68. The van der Waals surface area contributed by atoms with Crippen LogP contribution in [-0.2, 0) is 6.42 Å². The summed E-state index contributed by atoms with van der Waals surface area (Å²) in [6.45, 7) is 5.24. The van der Waals surface area contributed by atoms with Gasteiger partial charge >= 0.3 is 0 Å². The largest absolute Gasteiger partial charge is 0.394 e. The molecule has 1 aliphatic carbocycles. The average Bonchev–Trinajstić information content (AvgIpc) is 3.03. The first-order valence-corrected chi connectivity index (χ1v) is 10.3. The van der Waals surface area contributed by atoms with Crippen molar-refractivity contribution >= 4 is 15.9 Å². The number of halogens is 1. The molecule has 3 heteroatoms. The van der Waals surface area contributed by atoms with Gasteiger partial charge in [0, 0.05) is 22.5 Å². The van der Waals surface area contributed by atoms with E-state index in [2.05, 4.69) is 75.9 Å². The minimum Gasteiger partial charge on any atom is -0.394 e. The zero-order valence-corrected chi connectivity index (χ0v) is 16.7. The molecule has 2 aromatic rings. The quantitative estimate of drug-likeness (QED) is 0.680. The van der Waals surface area contributed by atoms with Crippen molar-refractivity contribution in [1.82, 2.24) is 4.90 Å². The Balaban J connectivity index is 1.79. The summed E-state index contributed by atoms with van der Waals surface area (Å²) in [7, 11) is 0. The zero-order chi connectivity index (χ0) is 18.1. The van der Waals surface area contributed by atoms with E-state index >= 15 is 0 Å². The van der Waals surface area contributed by atoms with Crippen molar-refractivity contribution < 1.29 is 5.11 Å². The lowest BCUT2D eigenvalue weighted by Crippen LogP contribution is -2.51. The van der Waals surface area contributed by atoms with E-state index in [0.29, 0.717) is 5.92 Å². The summed E-state index contributed by atoms with van der Waals surface area (Å²) >= 11 is 3.82. The maximum Gasteiger partial charge on any atom is 0.0628 e. The predicted molar refractivity (Wildman–Crippen MR) is 110 cm³/mol. The first-order valence-electron chi connectivity index (χ1n) is 9.52. The van der Waals surface area contributed by atoms with Crippen molar-refractivity contribution in [2.24, 2.45) is 0 Å². The van der Waals surface area contributed by atoms with E-state index in [1.54, 1.807) is 0 Å². The zero-order valence-electron chi connectivity index (χ0n) is 15.1. The number of aliphatic hydroxyl groups is 1. The number of aryl methyl sites for hydroxylation is 1. The number of aliphatic hydroxyl groups excluding tert-OH is 1. The molecule has 0 spiro atoms. The van der Waals surface area contributed by atoms with Gasteiger partial charge in [0.05, 0.1) is 12.6 Å². The molecule has 3 atom stereocenters. The van der Waals surface area contributed by atoms with Crippen LogP contribution in [0.25, 0.3) is 0 Å². The summed E-state index contributed by atoms with van der Waals surface area (Å²) in [4.78, 5) is 2.58. The molecule has 2 aromatic carbocycles. The third kappa shape index (κ3) is 2.77. The monoisotopic (exact) mass is 411 g/mol. The molecular formula is C23H26BrNO. The molecule has 0 aromatic heterocycles. The van der Waals surface area contributed by atoms with Gasteiger partial charge in [-0.05, 0) is 48.4 Å². The summed E-state index contributed by atoms with van der Waals surface area (Å²) in [5, 5.41) is 10.3. The van der Waals surface area contributed by atoms with Gasteiger partial charge in [0.15, 0.2) is 0 Å². The number of hydrogen-bond acceptors (Lipinski definition) is 2. The van der Waals surface area contributed by atoms with Gasteiger partial charge in [0.1, 0.15) is 0 Å². The van der Waals surface area contributed by atoms with E-state index in [9.17, 15) is 5.11 Å². The number of rotatable bonds is 5. The van der Waals surface area contributed by atoms with Crippen molar-refractivity contribution in [3.8, 4) is 0 Å². The summed E-state index contributed by atoms with van der Waals surface area (Å²) in [5.74, 6) is 0.484. The Hall–Kier alpha value is -1.42. The van der Waals surface area contributed by atoms with Crippen molar-refractivity contribution in [2.75, 3.05) is 13.2 Å². The number of fused-ring (bicyclic) bond motifs is 3. The molecule has 1 N–H and O–H groups in total. The van der Waals surface area contributed by atoms with Gasteiger partial charge in [0.25, 0.3) is 0 Å². The van der Waals surface area contributed by atoms with Crippen LogP contribution in [0.5, 0.6) is 0 Å². The maximum absolute atomic E-state index is 10.3. The molecule has 2 aliphatic rings. The Morgan fingerprint density at radius 3 is 2.77 bits per heavy atom. The second-order valence-corrected chi connectivity index (χ2v) is 8.41. The van der Waals surface area contributed by atoms with Crippen LogP contribution in [-0.4, -0.2) is 28.7 Å². The van der Waals surface area contributed by atoms with E-state index in [1.807, 2.05) is 6.07 Å². The lowest BCUT2D eigenvalue weighted by Gasteiger charge is -2.49. The molecule has 136 valence electrons. The SMILES string of the molecule is C=CCC12CCc3cccc(Br)c3C1CCN2C(CO)c1ccccc1. The van der Waals surface area contributed by atoms with Crippen LogP contribution in [0.15, 0.2) is 65.7 Å². The molecule has 1 saturated heterocycles. The molecule has 1 fully saturated rings. The van der Waals surface area contributed by atoms with E-state index in [-0.39, 0.29) is 18.2 Å². The maximum atomic E-state index is 10.3. The van der Waals surface area contributed by atoms with Gasteiger partial charge < -0.3 is 5.11 Å². The third-order valence-electron chi connectivity index (χ3n) is 6.43. The first-order chi connectivity index (χ1) is 12.7. The van der Waals surface area contributed by atoms with Crippen LogP contribution >= 0.6 is 15.9 Å². The minimum absolute atomic E-state index is 0.0435. The van der Waals surface area contributed by atoms with E-state index in [1.165, 1.54) is 21.2 Å². The van der Waals surface area contributed by atoms with E-state index in [0.717, 1.165) is 32.2 Å². The van der Waals surface area contributed by atoms with Crippen molar-refractivity contribution in [1.29, 1.82) is 0 Å². The average molecular weight is 412 g/mol. The van der Waals surface area contributed by atoms with Crippen LogP contribution in [0.4, 0.5) is 0 Å². The predicted octanol–water partition coefficient (Wildman–Crippen LogP) is 5.23. The normalized spacial score (nSPS) is 26.2. The molecule has 1 heterocycles. The fraction of sp³-hybridized carbons (Fsp3) is 0.391. The Bertz CT molecular complexity index is 790. The van der Waals surface area contributed by atoms with Crippen molar-refractivity contribution in [3.05, 3.63) is 82.3 Å². The van der Waals surface area contributed by atoms with Crippen LogP contribution in [0.2, 0.25) is 0 Å². The smallest absolute Gasteiger partial charge is 0.0628 e. The Labute approximate surface area is 164 Å². The first kappa shape index (κ1) is 18.0. The minimum atomic E-state index is 0.0435. The van der Waals surface area contributed by atoms with Crippen LogP contribution in [0.3, 0.4) is 0 Å². The summed E-state index contributed by atoms with van der Waals surface area (Å²) in [5.41, 5.74) is 4.21. The number of hydrogen-bond donors (Lipinski definition) is 1. The molecule has 0 amide bonds. The molecule has 0 saturated carbocycles. The molecule has 0 radical (unpaired) electrons. The fourth-order valence-corrected chi connectivity index (χ4v) is 6.05. The Kier molecular flexibility index (Phi) is 5.05. The highest BCUT2D eigenvalue weighted by Crippen LogP contribution is 2.55. The van der Waals surface area contributed by atoms with Gasteiger partial charge in [-0.3, -0.25) is 4.90 Å². The van der Waals surface area contributed by atoms with Gasteiger partial charge in [-0.1, -0.05) is 64.5 Å². The summed E-state index contributed by atoms with van der Waals surface area (Å²) < 4.78 is 1.23. The van der Waals surface area contributed by atoms with Crippen LogP contribution in [0.1, 0.15) is 47.9 Å². The fourth-order valence-electron chi connectivity index (χ4n) is 5.37. The molecule has 26 heavy (non-hydrogen) atoms. The molecule has 0 bridgehead atoms. The molecular weight excluding hydrogens is 386 g/mol. The second kappa shape index (κ2) is 7.30. The van der Waals surface area contributed by atoms with Crippen LogP contribution in [0, 0.1) is 0 Å². The summed E-state index contributed by atoms with van der Waals surface area (Å²) in [6, 6.07) is 17.1. The number of benzene rings is 2. The Morgan fingerprint density at radius 1 is 1.23 bits per heavy atom. The third-order valence-corrected chi connectivity index (χ3v) is 7.12. The lowest BCUT2D eigenvalue weighted by molar-refractivity contribution is 0.0335. The van der Waals surface area contributed by atoms with Gasteiger partial charge in [-0.25, -0.2) is 0 Å². The van der Waals surface area contributed by atoms with Crippen LogP contribution < -0.4 is 0 Å². The molecule has 4 rings (SSSR count). The number of nitrogens with zero attached hydrogens (tertiary/aromatic N) is 1. The molecule has 2 nitrogen and oxygen atoms in total. The van der Waals surface area contributed by atoms with Gasteiger partial charge in [0.2, 0.25) is 0 Å². The second-order valence-electron chi connectivity index (χ2n) is 7.55. The topological polar surface area (TPSA) is 23.5 Å². The highest BCUT2D eigenvalue weighted by Gasteiger charge is 2.53. The molecule has 1 aliphatic heterocycles. The Morgan fingerprint density at radius 2 is 2.04 bits per heavy atom. The highest BCUT2D eigenvalue weighted by molar-refractivity contribution is 9.10. The van der Waals surface area contributed by atoms with Crippen molar-refractivity contribution in [2.45, 2.75) is 43.2 Å². The van der Waals surface area contributed by atoms with E-state index in [4.69, 9.17) is 0 Å². The standard InChI is InChI=1S/C23H26BrNO/c1-2-13-23-14-11-18-9-6-10-20(24)22(18)19(23)12-15-25(23)21(16-26)17-7-4-3-5-8-17/h2-10,19,21,26H,1,11-16H2. The number of likely N-dealkylation sites (tertiary alicyclic amines) is 1. The summed E-state index contributed by atoms with van der Waals surface area (Å²) in [6.07, 6.45) is 6.38. The highest BCUT2D eigenvalue weighted by atomic mass is 79.9. The molecule has 3 unspecified atom stereocenters. The van der Waals surface area contributed by atoms with Crippen molar-refractivity contribution in [3.63, 3.8) is 0 Å². The van der Waals surface area contributed by atoms with Gasteiger partial charge in [-0.15, -0.1) is 6.58 Å². The van der Waals surface area contributed by atoms with E-state index < -0.39 is 0 Å². The van der Waals surface area contributed by atoms with Gasteiger partial charge in [-0.2, -0.15) is 0 Å².